The molecular formula is C24H27N7O2. The minimum atomic E-state index is -0.332. The van der Waals surface area contributed by atoms with Crippen molar-refractivity contribution < 1.29 is 9.21 Å². The Balaban J connectivity index is 1.29. The van der Waals surface area contributed by atoms with E-state index in [1.165, 1.54) is 6.26 Å². The highest BCUT2D eigenvalue weighted by Gasteiger charge is 2.26. The van der Waals surface area contributed by atoms with Gasteiger partial charge in [0.05, 0.1) is 6.20 Å². The van der Waals surface area contributed by atoms with Crippen molar-refractivity contribution in [1.82, 2.24) is 29.9 Å². The number of aromatic nitrogens is 5. The summed E-state index contributed by atoms with van der Waals surface area (Å²) in [6, 6.07) is 8.36. The molecule has 0 saturated carbocycles. The molecule has 1 aliphatic rings. The van der Waals surface area contributed by atoms with Crippen LogP contribution in [0.1, 0.15) is 49.0 Å². The van der Waals surface area contributed by atoms with E-state index >= 15 is 0 Å². The molecule has 0 spiro atoms. The van der Waals surface area contributed by atoms with E-state index < -0.39 is 0 Å². The molecule has 4 aromatic rings. The van der Waals surface area contributed by atoms with E-state index in [0.29, 0.717) is 17.8 Å². The zero-order valence-electron chi connectivity index (χ0n) is 19.0. The summed E-state index contributed by atoms with van der Waals surface area (Å²) in [6.07, 6.45) is 7.01. The number of benzene rings is 1. The number of fused-ring (bicyclic) bond motifs is 1. The number of rotatable bonds is 5. The summed E-state index contributed by atoms with van der Waals surface area (Å²) in [5, 5.41) is 12.9. The quantitative estimate of drug-likeness (QED) is 0.498. The van der Waals surface area contributed by atoms with Gasteiger partial charge in [-0.2, -0.15) is 0 Å². The third-order valence-corrected chi connectivity index (χ3v) is 6.23. The summed E-state index contributed by atoms with van der Waals surface area (Å²) in [5.41, 5.74) is 2.01. The molecule has 9 nitrogen and oxygen atoms in total. The molecule has 1 amide bonds. The second-order valence-electron chi connectivity index (χ2n) is 8.84. The molecule has 33 heavy (non-hydrogen) atoms. The summed E-state index contributed by atoms with van der Waals surface area (Å²) in [7, 11) is 1.83. The molecule has 170 valence electrons. The predicted octanol–water partition coefficient (Wildman–Crippen LogP) is 3.86. The van der Waals surface area contributed by atoms with Crippen LogP contribution in [-0.4, -0.2) is 54.9 Å². The number of hydrogen-bond donors (Lipinski definition) is 1. The van der Waals surface area contributed by atoms with E-state index in [1.54, 1.807) is 10.9 Å². The van der Waals surface area contributed by atoms with Crippen LogP contribution in [0.15, 0.2) is 47.3 Å². The van der Waals surface area contributed by atoms with Crippen LogP contribution in [0.3, 0.4) is 0 Å². The number of nitrogens with zero attached hydrogens (tertiary/aromatic N) is 6. The molecule has 5 rings (SSSR count). The lowest BCUT2D eigenvalue weighted by atomic mass is 9.96. The third-order valence-electron chi connectivity index (χ3n) is 6.23. The fourth-order valence-corrected chi connectivity index (χ4v) is 4.27. The number of carbonyl (C=O) groups is 1. The van der Waals surface area contributed by atoms with Gasteiger partial charge in [0.15, 0.2) is 11.6 Å². The van der Waals surface area contributed by atoms with Gasteiger partial charge in [0.2, 0.25) is 0 Å². The minimum absolute atomic E-state index is 0.250. The number of piperidine rings is 1. The molecule has 0 unspecified atom stereocenters. The summed E-state index contributed by atoms with van der Waals surface area (Å²) in [5.74, 6) is 1.02. The average Bonchev–Trinajstić information content (AvgIpc) is 3.48. The van der Waals surface area contributed by atoms with Crippen LogP contribution >= 0.6 is 0 Å². The van der Waals surface area contributed by atoms with Crippen LogP contribution in [0, 0.1) is 0 Å². The number of oxazole rings is 1. The molecule has 9 heteroatoms. The molecule has 1 aliphatic heterocycles. The molecule has 1 aromatic carbocycles. The molecule has 0 bridgehead atoms. The van der Waals surface area contributed by atoms with Gasteiger partial charge in [-0.3, -0.25) is 9.48 Å². The first-order valence-electron chi connectivity index (χ1n) is 11.2. The van der Waals surface area contributed by atoms with E-state index in [9.17, 15) is 4.79 Å². The van der Waals surface area contributed by atoms with Crippen molar-refractivity contribution in [3.63, 3.8) is 0 Å². The van der Waals surface area contributed by atoms with Crippen LogP contribution in [0.2, 0.25) is 0 Å². The lowest BCUT2D eigenvalue weighted by Gasteiger charge is -2.33. The molecule has 1 saturated heterocycles. The highest BCUT2D eigenvalue weighted by molar-refractivity contribution is 6.03. The van der Waals surface area contributed by atoms with E-state index in [0.717, 1.165) is 48.0 Å². The number of pyridine rings is 1. The standard InChI is InChI=1S/C24H27N7O2/c1-15(2)31-8-6-16(7-9-31)24-26-21(14-33-24)23(32)27-22-11-19-10-17(4-5-18(19)12-25-22)20-13-30(3)29-28-20/h4-5,10-16H,6-9H2,1-3H3,(H,25,27,32). The second-order valence-corrected chi connectivity index (χ2v) is 8.84. The van der Waals surface area contributed by atoms with Crippen LogP contribution in [0.25, 0.3) is 22.0 Å². The highest BCUT2D eigenvalue weighted by atomic mass is 16.3. The summed E-state index contributed by atoms with van der Waals surface area (Å²) in [6.45, 7) is 6.46. The van der Waals surface area contributed by atoms with Crippen molar-refractivity contribution in [3.05, 3.63) is 54.5 Å². The Morgan fingerprint density at radius 1 is 1.18 bits per heavy atom. The van der Waals surface area contributed by atoms with Crippen molar-refractivity contribution in [3.8, 4) is 11.3 Å². The first-order valence-corrected chi connectivity index (χ1v) is 11.2. The smallest absolute Gasteiger partial charge is 0.278 e. The van der Waals surface area contributed by atoms with Crippen LogP contribution < -0.4 is 5.32 Å². The van der Waals surface area contributed by atoms with E-state index in [-0.39, 0.29) is 17.5 Å². The molecule has 4 heterocycles. The van der Waals surface area contributed by atoms with Gasteiger partial charge in [-0.15, -0.1) is 5.10 Å². The Labute approximate surface area is 191 Å². The fourth-order valence-electron chi connectivity index (χ4n) is 4.27. The number of anilines is 1. The summed E-state index contributed by atoms with van der Waals surface area (Å²) < 4.78 is 7.33. The Kier molecular flexibility index (Phi) is 5.63. The first-order chi connectivity index (χ1) is 16.0. The Bertz CT molecular complexity index is 1280. The van der Waals surface area contributed by atoms with Gasteiger partial charge in [-0.05, 0) is 57.3 Å². The maximum atomic E-state index is 12.8. The Hall–Kier alpha value is -3.59. The van der Waals surface area contributed by atoms with Gasteiger partial charge in [0, 0.05) is 36.2 Å². The zero-order valence-corrected chi connectivity index (χ0v) is 19.0. The van der Waals surface area contributed by atoms with Crippen molar-refractivity contribution >= 4 is 22.5 Å². The zero-order chi connectivity index (χ0) is 22.9. The van der Waals surface area contributed by atoms with Gasteiger partial charge >= 0.3 is 0 Å². The van der Waals surface area contributed by atoms with Gasteiger partial charge < -0.3 is 14.6 Å². The van der Waals surface area contributed by atoms with E-state index in [2.05, 4.69) is 44.3 Å². The second kappa shape index (κ2) is 8.74. The molecule has 0 radical (unpaired) electrons. The van der Waals surface area contributed by atoms with Crippen molar-refractivity contribution in [1.29, 1.82) is 0 Å². The SMILES string of the molecule is CC(C)N1CCC(c2nc(C(=O)Nc3cc4cc(-c5cn(C)nn5)ccc4cn3)co2)CC1. The fraction of sp³-hybridized carbons (Fsp3) is 0.375. The first kappa shape index (κ1) is 21.3. The number of nitrogens with one attached hydrogen (secondary N) is 1. The monoisotopic (exact) mass is 445 g/mol. The lowest BCUT2D eigenvalue weighted by Crippen LogP contribution is -2.37. The maximum Gasteiger partial charge on any atom is 0.278 e. The number of hydrogen-bond acceptors (Lipinski definition) is 7. The molecule has 0 aliphatic carbocycles. The number of carbonyl (C=O) groups excluding carboxylic acids is 1. The van der Waals surface area contributed by atoms with Gasteiger partial charge in [-0.1, -0.05) is 17.3 Å². The van der Waals surface area contributed by atoms with E-state index in [4.69, 9.17) is 4.42 Å². The molecular weight excluding hydrogens is 418 g/mol. The van der Waals surface area contributed by atoms with Gasteiger partial charge in [0.25, 0.3) is 5.91 Å². The van der Waals surface area contributed by atoms with Gasteiger partial charge in [0.1, 0.15) is 17.8 Å². The van der Waals surface area contributed by atoms with Crippen LogP contribution in [0.5, 0.6) is 0 Å². The Morgan fingerprint density at radius 2 is 2.00 bits per heavy atom. The van der Waals surface area contributed by atoms with Crippen molar-refractivity contribution in [2.24, 2.45) is 7.05 Å². The van der Waals surface area contributed by atoms with E-state index in [1.807, 2.05) is 37.5 Å². The van der Waals surface area contributed by atoms with Crippen molar-refractivity contribution in [2.75, 3.05) is 18.4 Å². The number of aryl methyl sites for hydroxylation is 1. The van der Waals surface area contributed by atoms with Crippen LogP contribution in [-0.2, 0) is 7.05 Å². The largest absolute Gasteiger partial charge is 0.448 e. The number of amides is 1. The third kappa shape index (κ3) is 4.49. The normalized spacial score (nSPS) is 15.4. The number of likely N-dealkylation sites (tertiary alicyclic amines) is 1. The molecule has 1 N–H and O–H groups in total. The Morgan fingerprint density at radius 3 is 2.73 bits per heavy atom. The lowest BCUT2D eigenvalue weighted by molar-refractivity contribution is 0.102. The molecule has 3 aromatic heterocycles. The minimum Gasteiger partial charge on any atom is -0.448 e. The molecule has 0 atom stereocenters. The molecule has 1 fully saturated rings. The topological polar surface area (TPSA) is 102 Å². The maximum absolute atomic E-state index is 12.8. The highest BCUT2D eigenvalue weighted by Crippen LogP contribution is 2.29. The summed E-state index contributed by atoms with van der Waals surface area (Å²) >= 11 is 0. The van der Waals surface area contributed by atoms with Crippen LogP contribution in [0.4, 0.5) is 5.82 Å². The summed E-state index contributed by atoms with van der Waals surface area (Å²) in [4.78, 5) is 24.1. The average molecular weight is 446 g/mol. The van der Waals surface area contributed by atoms with Crippen molar-refractivity contribution in [2.45, 2.75) is 38.6 Å². The predicted molar refractivity (Wildman–Crippen MR) is 125 cm³/mol. The van der Waals surface area contributed by atoms with Gasteiger partial charge in [-0.25, -0.2) is 9.97 Å².